The molecule has 0 aromatic heterocycles. The second kappa shape index (κ2) is 7.67. The molecule has 3 aromatic carbocycles. The summed E-state index contributed by atoms with van der Waals surface area (Å²) in [5.74, 6) is -1.00. The normalized spacial score (nSPS) is 20.1. The van der Waals surface area contributed by atoms with Crippen LogP contribution in [0.4, 0.5) is 17.1 Å². The molecular formula is C25H18N2O4S2. The van der Waals surface area contributed by atoms with Gasteiger partial charge in [-0.2, -0.15) is 0 Å². The number of amides is 2. The van der Waals surface area contributed by atoms with Gasteiger partial charge in [0.05, 0.1) is 17.1 Å². The molecule has 3 aromatic rings. The molecule has 0 spiro atoms. The molecule has 164 valence electrons. The highest BCUT2D eigenvalue weighted by Gasteiger charge is 2.58. The quantitative estimate of drug-likeness (QED) is 0.499. The second-order valence-electron chi connectivity index (χ2n) is 7.93. The Kier molecular flexibility index (Phi) is 4.74. The number of carbonyl (C=O) groups is 3. The molecule has 3 aliphatic rings. The van der Waals surface area contributed by atoms with E-state index in [4.69, 9.17) is 4.74 Å². The van der Waals surface area contributed by atoms with Crippen molar-refractivity contribution >= 4 is 58.4 Å². The van der Waals surface area contributed by atoms with E-state index in [1.54, 1.807) is 21.6 Å². The van der Waals surface area contributed by atoms with E-state index in [-0.39, 0.29) is 18.2 Å². The van der Waals surface area contributed by atoms with Crippen molar-refractivity contribution < 1.29 is 19.1 Å². The summed E-state index contributed by atoms with van der Waals surface area (Å²) in [4.78, 5) is 44.1. The van der Waals surface area contributed by atoms with Crippen molar-refractivity contribution in [1.82, 2.24) is 0 Å². The van der Waals surface area contributed by atoms with Gasteiger partial charge in [0.15, 0.2) is 11.5 Å². The molecule has 0 aliphatic carbocycles. The molecule has 33 heavy (non-hydrogen) atoms. The van der Waals surface area contributed by atoms with Gasteiger partial charge in [0.1, 0.15) is 0 Å². The molecular weight excluding hydrogens is 456 g/mol. The Hall–Kier alpha value is -3.23. The maximum absolute atomic E-state index is 13.4. The minimum atomic E-state index is -1.14. The van der Waals surface area contributed by atoms with Gasteiger partial charge in [-0.1, -0.05) is 59.9 Å². The maximum atomic E-state index is 13.4. The fourth-order valence-electron chi connectivity index (χ4n) is 4.55. The standard InChI is InChI=1S/C25H18N2O4S2/c28-22-13-14-25(27(22)18-9-3-6-12-21(18)33-25)24(30)31-15-23(29)26-16-7-1-4-10-19(16)32-20-11-5-2-8-17(20)26/h1-12H,13-15H2/t25-/m1/s1. The molecule has 1 fully saturated rings. The number of rotatable bonds is 3. The molecule has 3 aliphatic heterocycles. The van der Waals surface area contributed by atoms with Gasteiger partial charge in [0.25, 0.3) is 5.91 Å². The molecule has 1 saturated heterocycles. The Morgan fingerprint density at radius 3 is 2.09 bits per heavy atom. The number of nitrogens with zero attached hydrogens (tertiary/aromatic N) is 2. The van der Waals surface area contributed by atoms with Crippen LogP contribution in [-0.2, 0) is 19.1 Å². The van der Waals surface area contributed by atoms with Gasteiger partial charge in [-0.3, -0.25) is 19.4 Å². The van der Waals surface area contributed by atoms with Crippen LogP contribution < -0.4 is 9.80 Å². The molecule has 6 nitrogen and oxygen atoms in total. The third-order valence-corrected chi connectivity index (χ3v) is 8.59. The van der Waals surface area contributed by atoms with Crippen LogP contribution in [-0.4, -0.2) is 29.3 Å². The number of carbonyl (C=O) groups excluding carboxylic acids is 3. The van der Waals surface area contributed by atoms with Crippen LogP contribution in [0.2, 0.25) is 0 Å². The first-order chi connectivity index (χ1) is 16.1. The number of ether oxygens (including phenoxy) is 1. The van der Waals surface area contributed by atoms with Crippen molar-refractivity contribution in [2.45, 2.75) is 32.4 Å². The van der Waals surface area contributed by atoms with Gasteiger partial charge >= 0.3 is 5.97 Å². The van der Waals surface area contributed by atoms with Gasteiger partial charge in [-0.25, -0.2) is 4.79 Å². The SMILES string of the molecule is O=C(COC(=O)[C@]12CCC(=O)N1c1ccccc1S2)N1c2ccccc2Sc2ccccc21. The molecule has 1 atom stereocenters. The number of para-hydroxylation sites is 3. The van der Waals surface area contributed by atoms with E-state index < -0.39 is 17.4 Å². The minimum Gasteiger partial charge on any atom is -0.453 e. The first kappa shape index (κ1) is 20.4. The highest BCUT2D eigenvalue weighted by Crippen LogP contribution is 2.56. The molecule has 8 heteroatoms. The second-order valence-corrected chi connectivity index (χ2v) is 10.3. The molecule has 2 amide bonds. The van der Waals surface area contributed by atoms with Crippen molar-refractivity contribution in [2.75, 3.05) is 16.4 Å². The number of anilines is 3. The maximum Gasteiger partial charge on any atom is 0.344 e. The van der Waals surface area contributed by atoms with Gasteiger partial charge in [-0.05, 0) is 36.4 Å². The summed E-state index contributed by atoms with van der Waals surface area (Å²) in [6.45, 7) is -0.410. The van der Waals surface area contributed by atoms with Gasteiger partial charge in [-0.15, -0.1) is 0 Å². The van der Waals surface area contributed by atoms with E-state index in [9.17, 15) is 14.4 Å². The summed E-state index contributed by atoms with van der Waals surface area (Å²) in [6, 6.07) is 22.8. The minimum absolute atomic E-state index is 0.105. The van der Waals surface area contributed by atoms with Crippen LogP contribution in [0.25, 0.3) is 0 Å². The van der Waals surface area contributed by atoms with Crippen LogP contribution in [0.15, 0.2) is 87.5 Å². The summed E-state index contributed by atoms with van der Waals surface area (Å²) < 4.78 is 5.60. The van der Waals surface area contributed by atoms with Crippen molar-refractivity contribution in [3.8, 4) is 0 Å². The van der Waals surface area contributed by atoms with E-state index in [2.05, 4.69) is 0 Å². The Morgan fingerprint density at radius 1 is 0.848 bits per heavy atom. The zero-order valence-corrected chi connectivity index (χ0v) is 19.0. The van der Waals surface area contributed by atoms with Crippen molar-refractivity contribution in [2.24, 2.45) is 0 Å². The Labute approximate surface area is 198 Å². The lowest BCUT2D eigenvalue weighted by molar-refractivity contribution is -0.150. The van der Waals surface area contributed by atoms with Crippen LogP contribution in [0.5, 0.6) is 0 Å². The summed E-state index contributed by atoms with van der Waals surface area (Å²) in [5.41, 5.74) is 2.26. The number of esters is 1. The fraction of sp³-hybridized carbons (Fsp3) is 0.160. The third-order valence-electron chi connectivity index (χ3n) is 6.00. The van der Waals surface area contributed by atoms with Gasteiger partial charge in [0, 0.05) is 27.5 Å². The van der Waals surface area contributed by atoms with Crippen molar-refractivity contribution in [1.29, 1.82) is 0 Å². The Morgan fingerprint density at radius 2 is 1.42 bits per heavy atom. The summed E-state index contributed by atoms with van der Waals surface area (Å²) in [5, 5.41) is 0. The highest BCUT2D eigenvalue weighted by atomic mass is 32.2. The molecule has 3 heterocycles. The lowest BCUT2D eigenvalue weighted by atomic mass is 10.2. The van der Waals surface area contributed by atoms with E-state index in [0.29, 0.717) is 6.42 Å². The largest absolute Gasteiger partial charge is 0.453 e. The average Bonchev–Trinajstić information content (AvgIpc) is 3.36. The molecule has 0 radical (unpaired) electrons. The lowest BCUT2D eigenvalue weighted by Gasteiger charge is -2.32. The smallest absolute Gasteiger partial charge is 0.344 e. The fourth-order valence-corrected chi connectivity index (χ4v) is 7.02. The zero-order valence-electron chi connectivity index (χ0n) is 17.4. The van der Waals surface area contributed by atoms with Gasteiger partial charge in [0.2, 0.25) is 5.91 Å². The van der Waals surface area contributed by atoms with Crippen LogP contribution >= 0.6 is 23.5 Å². The number of hydrogen-bond acceptors (Lipinski definition) is 6. The highest BCUT2D eigenvalue weighted by molar-refractivity contribution is 8.02. The Balaban J connectivity index is 1.27. The molecule has 0 saturated carbocycles. The topological polar surface area (TPSA) is 66.9 Å². The van der Waals surface area contributed by atoms with E-state index in [1.807, 2.05) is 72.8 Å². The van der Waals surface area contributed by atoms with Crippen molar-refractivity contribution in [3.05, 3.63) is 72.8 Å². The van der Waals surface area contributed by atoms with Crippen LogP contribution in [0.1, 0.15) is 12.8 Å². The van der Waals surface area contributed by atoms with Gasteiger partial charge < -0.3 is 4.74 Å². The number of thioether (sulfide) groups is 1. The summed E-state index contributed by atoms with van der Waals surface area (Å²) >= 11 is 2.94. The molecule has 6 rings (SSSR count). The molecule has 0 bridgehead atoms. The van der Waals surface area contributed by atoms with Crippen LogP contribution in [0, 0.1) is 0 Å². The lowest BCUT2D eigenvalue weighted by Crippen LogP contribution is -2.48. The zero-order chi connectivity index (χ0) is 22.6. The number of benzene rings is 3. The van der Waals surface area contributed by atoms with E-state index in [1.165, 1.54) is 11.8 Å². The van der Waals surface area contributed by atoms with E-state index in [0.717, 1.165) is 31.7 Å². The predicted molar refractivity (Wildman–Crippen MR) is 127 cm³/mol. The third kappa shape index (κ3) is 3.08. The monoisotopic (exact) mass is 474 g/mol. The van der Waals surface area contributed by atoms with Crippen LogP contribution in [0.3, 0.4) is 0 Å². The first-order valence-corrected chi connectivity index (χ1v) is 12.2. The number of hydrogen-bond donors (Lipinski definition) is 0. The van der Waals surface area contributed by atoms with Crippen molar-refractivity contribution in [3.63, 3.8) is 0 Å². The number of fused-ring (bicyclic) bond motifs is 5. The van der Waals surface area contributed by atoms with E-state index >= 15 is 0 Å². The first-order valence-electron chi connectivity index (χ1n) is 10.6. The Bertz CT molecular complexity index is 1280. The molecule has 0 N–H and O–H groups in total. The summed E-state index contributed by atoms with van der Waals surface area (Å²) in [7, 11) is 0. The summed E-state index contributed by atoms with van der Waals surface area (Å²) in [6.07, 6.45) is 0.624. The predicted octanol–water partition coefficient (Wildman–Crippen LogP) is 4.99. The average molecular weight is 475 g/mol. The molecule has 0 unspecified atom stereocenters.